The molecule has 1 aliphatic heterocycles. The molecule has 0 aliphatic carbocycles. The summed E-state index contributed by atoms with van der Waals surface area (Å²) in [5.41, 5.74) is -0.155. The van der Waals surface area contributed by atoms with Crippen molar-refractivity contribution in [2.75, 3.05) is 13.2 Å². The maximum atomic E-state index is 5.74. The summed E-state index contributed by atoms with van der Waals surface area (Å²) in [4.78, 5) is 0. The molecule has 2 radical (unpaired) electrons. The van der Waals surface area contributed by atoms with E-state index in [0.717, 1.165) is 6.42 Å². The molecule has 0 bridgehead atoms. The third-order valence-corrected chi connectivity index (χ3v) is 2.67. The summed E-state index contributed by atoms with van der Waals surface area (Å²) in [6.45, 7) is 7.60. The van der Waals surface area contributed by atoms with Gasteiger partial charge in [-0.25, -0.2) is 0 Å². The van der Waals surface area contributed by atoms with Crippen molar-refractivity contribution in [1.29, 1.82) is 0 Å². The fourth-order valence-corrected chi connectivity index (χ4v) is 1.61. The van der Waals surface area contributed by atoms with Crippen LogP contribution in [0.3, 0.4) is 0 Å². The lowest BCUT2D eigenvalue weighted by Crippen LogP contribution is -2.50. The molecule has 1 aliphatic rings. The van der Waals surface area contributed by atoms with Gasteiger partial charge in [0.05, 0.1) is 18.8 Å². The average molecular weight is 168 g/mol. The van der Waals surface area contributed by atoms with Crippen LogP contribution in [-0.4, -0.2) is 32.7 Å². The molecule has 0 unspecified atom stereocenters. The van der Waals surface area contributed by atoms with Gasteiger partial charge in [0.25, 0.3) is 0 Å². The lowest BCUT2D eigenvalue weighted by Gasteiger charge is -2.43. The Hall–Kier alpha value is -0.0151. The molecular formula is C9H17BO2. The van der Waals surface area contributed by atoms with E-state index >= 15 is 0 Å². The highest BCUT2D eigenvalue weighted by Gasteiger charge is 2.37. The zero-order valence-corrected chi connectivity index (χ0v) is 8.17. The minimum Gasteiger partial charge on any atom is -0.377 e. The van der Waals surface area contributed by atoms with Crippen molar-refractivity contribution in [2.24, 2.45) is 5.92 Å². The SMILES string of the molecule is [B][C@H]1COC[C@](CC)(C(C)C)O1. The normalized spacial score (nSPS) is 37.2. The molecule has 1 heterocycles. The molecule has 2 nitrogen and oxygen atoms in total. The highest BCUT2D eigenvalue weighted by molar-refractivity contribution is 6.11. The first-order chi connectivity index (χ1) is 5.60. The van der Waals surface area contributed by atoms with E-state index in [0.29, 0.717) is 19.1 Å². The fourth-order valence-electron chi connectivity index (χ4n) is 1.61. The van der Waals surface area contributed by atoms with E-state index in [1.807, 2.05) is 0 Å². The predicted octanol–water partition coefficient (Wildman–Crippen LogP) is 1.33. The summed E-state index contributed by atoms with van der Waals surface area (Å²) >= 11 is 0. The van der Waals surface area contributed by atoms with Crippen LogP contribution in [0.5, 0.6) is 0 Å². The molecule has 3 heteroatoms. The van der Waals surface area contributed by atoms with E-state index in [1.165, 1.54) is 0 Å². The molecule has 0 amide bonds. The molecule has 0 aromatic carbocycles. The highest BCUT2D eigenvalue weighted by Crippen LogP contribution is 2.30. The quantitative estimate of drug-likeness (QED) is 0.579. The van der Waals surface area contributed by atoms with Gasteiger partial charge in [-0.2, -0.15) is 0 Å². The van der Waals surface area contributed by atoms with Gasteiger partial charge in [-0.05, 0) is 12.3 Å². The molecule has 2 atom stereocenters. The number of ether oxygens (including phenoxy) is 2. The van der Waals surface area contributed by atoms with Gasteiger partial charge >= 0.3 is 0 Å². The van der Waals surface area contributed by atoms with E-state index < -0.39 is 0 Å². The molecule has 12 heavy (non-hydrogen) atoms. The molecular weight excluding hydrogens is 151 g/mol. The highest BCUT2D eigenvalue weighted by atomic mass is 16.6. The Balaban J connectivity index is 2.64. The Morgan fingerprint density at radius 1 is 1.58 bits per heavy atom. The molecule has 0 saturated carbocycles. The van der Waals surface area contributed by atoms with Gasteiger partial charge in [0, 0.05) is 6.00 Å². The van der Waals surface area contributed by atoms with Crippen molar-refractivity contribution in [3.8, 4) is 0 Å². The zero-order valence-electron chi connectivity index (χ0n) is 8.17. The van der Waals surface area contributed by atoms with E-state index in [1.54, 1.807) is 0 Å². The number of hydrogen-bond acceptors (Lipinski definition) is 2. The topological polar surface area (TPSA) is 18.5 Å². The lowest BCUT2D eigenvalue weighted by molar-refractivity contribution is -0.194. The monoisotopic (exact) mass is 168 g/mol. The second kappa shape index (κ2) is 3.80. The first-order valence-corrected chi connectivity index (χ1v) is 4.62. The van der Waals surface area contributed by atoms with Gasteiger partial charge in [-0.3, -0.25) is 0 Å². The van der Waals surface area contributed by atoms with Crippen LogP contribution in [0.1, 0.15) is 27.2 Å². The standard InChI is InChI=1S/C9H17BO2/c1-4-9(7(2)3)6-11-5-8(10)12-9/h7-8H,4-6H2,1-3H3/t8-,9-/m1/s1. The van der Waals surface area contributed by atoms with Gasteiger partial charge in [-0.15, -0.1) is 0 Å². The van der Waals surface area contributed by atoms with Gasteiger partial charge in [-0.1, -0.05) is 20.8 Å². The molecule has 68 valence electrons. The summed E-state index contributed by atoms with van der Waals surface area (Å²) in [5.74, 6) is 0.453. The molecule has 1 fully saturated rings. The minimum atomic E-state index is -0.249. The lowest BCUT2D eigenvalue weighted by atomic mass is 9.85. The van der Waals surface area contributed by atoms with Crippen molar-refractivity contribution in [3.05, 3.63) is 0 Å². The fraction of sp³-hybridized carbons (Fsp3) is 1.00. The van der Waals surface area contributed by atoms with Crippen molar-refractivity contribution < 1.29 is 9.47 Å². The van der Waals surface area contributed by atoms with Crippen LogP contribution >= 0.6 is 0 Å². The van der Waals surface area contributed by atoms with Gasteiger partial charge < -0.3 is 9.47 Å². The summed E-state index contributed by atoms with van der Waals surface area (Å²) < 4.78 is 11.1. The van der Waals surface area contributed by atoms with Crippen molar-refractivity contribution in [3.63, 3.8) is 0 Å². The molecule has 0 aromatic heterocycles. The maximum Gasteiger partial charge on any atom is 0.112 e. The van der Waals surface area contributed by atoms with Crippen LogP contribution in [0.2, 0.25) is 0 Å². The van der Waals surface area contributed by atoms with Crippen molar-refractivity contribution in [1.82, 2.24) is 0 Å². The number of hydrogen-bond donors (Lipinski definition) is 0. The first-order valence-electron chi connectivity index (χ1n) is 4.62. The van der Waals surface area contributed by atoms with Crippen LogP contribution in [0.25, 0.3) is 0 Å². The molecule has 0 N–H and O–H groups in total. The van der Waals surface area contributed by atoms with Crippen molar-refractivity contribution in [2.45, 2.75) is 38.8 Å². The van der Waals surface area contributed by atoms with E-state index in [-0.39, 0.29) is 11.6 Å². The Morgan fingerprint density at radius 2 is 2.25 bits per heavy atom. The van der Waals surface area contributed by atoms with Crippen LogP contribution in [0.4, 0.5) is 0 Å². The van der Waals surface area contributed by atoms with Gasteiger partial charge in [0.15, 0.2) is 0 Å². The Kier molecular flexibility index (Phi) is 3.19. The summed E-state index contributed by atoms with van der Waals surface area (Å²) in [5, 5.41) is 0. The predicted molar refractivity (Wildman–Crippen MR) is 49.3 cm³/mol. The molecule has 1 rings (SSSR count). The van der Waals surface area contributed by atoms with Gasteiger partial charge in [0.1, 0.15) is 7.85 Å². The van der Waals surface area contributed by atoms with Gasteiger partial charge in [0.2, 0.25) is 0 Å². The largest absolute Gasteiger partial charge is 0.377 e. The van der Waals surface area contributed by atoms with Crippen molar-refractivity contribution >= 4 is 7.85 Å². The van der Waals surface area contributed by atoms with Crippen LogP contribution < -0.4 is 0 Å². The number of rotatable bonds is 2. The Bertz CT molecular complexity index is 149. The third-order valence-electron chi connectivity index (χ3n) is 2.67. The molecule has 0 spiro atoms. The smallest absolute Gasteiger partial charge is 0.112 e. The molecule has 1 saturated heterocycles. The third kappa shape index (κ3) is 1.83. The van der Waals surface area contributed by atoms with Crippen LogP contribution in [0.15, 0.2) is 0 Å². The van der Waals surface area contributed by atoms with Crippen LogP contribution in [-0.2, 0) is 9.47 Å². The Morgan fingerprint density at radius 3 is 2.58 bits per heavy atom. The minimum absolute atomic E-state index is 0.155. The van der Waals surface area contributed by atoms with E-state index in [9.17, 15) is 0 Å². The van der Waals surface area contributed by atoms with Crippen LogP contribution in [0, 0.1) is 5.92 Å². The summed E-state index contributed by atoms with van der Waals surface area (Å²) in [6, 6.07) is -0.249. The second-order valence-corrected chi connectivity index (χ2v) is 3.74. The zero-order chi connectivity index (χ0) is 9.19. The summed E-state index contributed by atoms with van der Waals surface area (Å²) in [6.07, 6.45) is 0.957. The Labute approximate surface area is 76.0 Å². The molecule has 0 aromatic rings. The van der Waals surface area contributed by atoms with E-state index in [4.69, 9.17) is 17.3 Å². The maximum absolute atomic E-state index is 5.74. The second-order valence-electron chi connectivity index (χ2n) is 3.74. The first kappa shape index (κ1) is 10.1. The average Bonchev–Trinajstić information content (AvgIpc) is 2.04. The van der Waals surface area contributed by atoms with E-state index in [2.05, 4.69) is 20.8 Å². The summed E-state index contributed by atoms with van der Waals surface area (Å²) in [7, 11) is 5.68.